The number of nitrogens with zero attached hydrogens (tertiary/aromatic N) is 3. The Hall–Kier alpha value is -1.51. The Bertz CT molecular complexity index is 515. The standard InChI is InChI=1S/C11H19N5O2S/c1-15(2)19(17,18)16(7-5-11(12)13)9-10-4-3-6-14-8-10/h3-4,6,8H,5,7,9H2,1-2H3,(H3,12,13). The Balaban J connectivity index is 2.90. The Labute approximate surface area is 113 Å². The molecule has 0 aromatic carbocycles. The van der Waals surface area contributed by atoms with Gasteiger partial charge in [-0.05, 0) is 11.6 Å². The zero-order chi connectivity index (χ0) is 14.5. The van der Waals surface area contributed by atoms with Gasteiger partial charge in [0.05, 0.1) is 5.84 Å². The maximum absolute atomic E-state index is 12.2. The number of hydrogen-bond donors (Lipinski definition) is 2. The van der Waals surface area contributed by atoms with Gasteiger partial charge in [0.15, 0.2) is 0 Å². The molecule has 0 spiro atoms. The highest BCUT2D eigenvalue weighted by Crippen LogP contribution is 2.11. The Morgan fingerprint density at radius 3 is 2.63 bits per heavy atom. The lowest BCUT2D eigenvalue weighted by molar-refractivity contribution is 0.376. The van der Waals surface area contributed by atoms with Crippen LogP contribution in [0.2, 0.25) is 0 Å². The molecule has 0 fully saturated rings. The van der Waals surface area contributed by atoms with Gasteiger partial charge in [-0.2, -0.15) is 17.0 Å². The van der Waals surface area contributed by atoms with Crippen LogP contribution in [0, 0.1) is 5.41 Å². The lowest BCUT2D eigenvalue weighted by atomic mass is 10.3. The fourth-order valence-electron chi connectivity index (χ4n) is 1.45. The van der Waals surface area contributed by atoms with Gasteiger partial charge in [0.2, 0.25) is 0 Å². The first-order valence-electron chi connectivity index (χ1n) is 5.73. The highest BCUT2D eigenvalue weighted by molar-refractivity contribution is 7.86. The molecule has 0 atom stereocenters. The van der Waals surface area contributed by atoms with Crippen LogP contribution >= 0.6 is 0 Å². The van der Waals surface area contributed by atoms with Crippen LogP contribution in [0.1, 0.15) is 12.0 Å². The van der Waals surface area contributed by atoms with Crippen LogP contribution in [-0.4, -0.2) is 48.5 Å². The van der Waals surface area contributed by atoms with Crippen molar-refractivity contribution in [3.8, 4) is 0 Å². The molecule has 106 valence electrons. The van der Waals surface area contributed by atoms with Crippen molar-refractivity contribution < 1.29 is 8.42 Å². The molecule has 19 heavy (non-hydrogen) atoms. The van der Waals surface area contributed by atoms with E-state index in [-0.39, 0.29) is 25.3 Å². The normalized spacial score (nSPS) is 12.0. The summed E-state index contributed by atoms with van der Waals surface area (Å²) in [6.45, 7) is 0.381. The Morgan fingerprint density at radius 1 is 1.47 bits per heavy atom. The summed E-state index contributed by atoms with van der Waals surface area (Å²) in [6, 6.07) is 3.56. The summed E-state index contributed by atoms with van der Waals surface area (Å²) in [4.78, 5) is 3.96. The predicted molar refractivity (Wildman–Crippen MR) is 73.8 cm³/mol. The molecule has 0 saturated heterocycles. The molecule has 0 aliphatic carbocycles. The number of amidine groups is 1. The molecular formula is C11H19N5O2S. The van der Waals surface area contributed by atoms with Gasteiger partial charge in [-0.25, -0.2) is 0 Å². The van der Waals surface area contributed by atoms with E-state index in [1.165, 1.54) is 18.4 Å². The fourth-order valence-corrected chi connectivity index (χ4v) is 2.54. The second-order valence-electron chi connectivity index (χ2n) is 4.26. The molecule has 1 aromatic rings. The monoisotopic (exact) mass is 285 g/mol. The van der Waals surface area contributed by atoms with E-state index in [4.69, 9.17) is 11.1 Å². The van der Waals surface area contributed by atoms with Gasteiger partial charge in [0.1, 0.15) is 0 Å². The molecule has 3 N–H and O–H groups in total. The van der Waals surface area contributed by atoms with Crippen LogP contribution in [0.25, 0.3) is 0 Å². The zero-order valence-corrected chi connectivity index (χ0v) is 11.9. The molecule has 0 aliphatic heterocycles. The van der Waals surface area contributed by atoms with E-state index in [0.717, 1.165) is 9.87 Å². The number of hydrogen-bond acceptors (Lipinski definition) is 4. The number of nitrogens with one attached hydrogen (secondary N) is 1. The Morgan fingerprint density at radius 2 is 2.16 bits per heavy atom. The van der Waals surface area contributed by atoms with Crippen molar-refractivity contribution in [2.75, 3.05) is 20.6 Å². The fraction of sp³-hybridized carbons (Fsp3) is 0.455. The van der Waals surface area contributed by atoms with E-state index >= 15 is 0 Å². The molecule has 0 radical (unpaired) electrons. The smallest absolute Gasteiger partial charge is 0.281 e. The summed E-state index contributed by atoms with van der Waals surface area (Å²) in [5.74, 6) is -0.0369. The molecular weight excluding hydrogens is 266 g/mol. The molecule has 0 aliphatic rings. The van der Waals surface area contributed by atoms with Crippen LogP contribution in [-0.2, 0) is 16.8 Å². The lowest BCUT2D eigenvalue weighted by Crippen LogP contribution is -2.41. The third-order valence-corrected chi connectivity index (χ3v) is 4.39. The van der Waals surface area contributed by atoms with Crippen molar-refractivity contribution >= 4 is 16.0 Å². The summed E-state index contributed by atoms with van der Waals surface area (Å²) >= 11 is 0. The third kappa shape index (κ3) is 4.58. The van der Waals surface area contributed by atoms with Crippen molar-refractivity contribution in [1.29, 1.82) is 5.41 Å². The molecule has 1 aromatic heterocycles. The number of aromatic nitrogens is 1. The van der Waals surface area contributed by atoms with Gasteiger partial charge >= 0.3 is 0 Å². The largest absolute Gasteiger partial charge is 0.388 e. The van der Waals surface area contributed by atoms with Crippen molar-refractivity contribution in [3.63, 3.8) is 0 Å². The number of pyridine rings is 1. The predicted octanol–water partition coefficient (Wildman–Crippen LogP) is 0.0161. The minimum Gasteiger partial charge on any atom is -0.388 e. The molecule has 7 nitrogen and oxygen atoms in total. The highest BCUT2D eigenvalue weighted by atomic mass is 32.2. The summed E-state index contributed by atoms with van der Waals surface area (Å²) in [5.41, 5.74) is 6.08. The molecule has 0 saturated carbocycles. The van der Waals surface area contributed by atoms with Gasteiger partial charge in [0.25, 0.3) is 10.2 Å². The van der Waals surface area contributed by atoms with E-state index in [2.05, 4.69) is 4.98 Å². The topological polar surface area (TPSA) is 103 Å². The average Bonchev–Trinajstić information content (AvgIpc) is 2.35. The molecule has 1 rings (SSSR count). The summed E-state index contributed by atoms with van der Waals surface area (Å²) in [6.07, 6.45) is 3.45. The van der Waals surface area contributed by atoms with Crippen molar-refractivity contribution in [3.05, 3.63) is 30.1 Å². The van der Waals surface area contributed by atoms with Crippen LogP contribution < -0.4 is 5.73 Å². The zero-order valence-electron chi connectivity index (χ0n) is 11.1. The second-order valence-corrected chi connectivity index (χ2v) is 6.40. The van der Waals surface area contributed by atoms with E-state index < -0.39 is 10.2 Å². The minimum absolute atomic E-state index is 0.0369. The Kier molecular flexibility index (Phi) is 5.40. The maximum atomic E-state index is 12.2. The molecule has 8 heteroatoms. The molecule has 0 bridgehead atoms. The number of rotatable bonds is 7. The highest BCUT2D eigenvalue weighted by Gasteiger charge is 2.24. The van der Waals surface area contributed by atoms with Crippen molar-refractivity contribution in [1.82, 2.24) is 13.6 Å². The number of nitrogens with two attached hydrogens (primary N) is 1. The van der Waals surface area contributed by atoms with Crippen LogP contribution in [0.15, 0.2) is 24.5 Å². The lowest BCUT2D eigenvalue weighted by Gasteiger charge is -2.25. The van der Waals surface area contributed by atoms with Crippen LogP contribution in [0.5, 0.6) is 0 Å². The van der Waals surface area contributed by atoms with Crippen LogP contribution in [0.3, 0.4) is 0 Å². The molecule has 1 heterocycles. The first-order chi connectivity index (χ1) is 8.84. The SMILES string of the molecule is CN(C)S(=O)(=O)N(CCC(=N)N)Cc1cccnc1. The quantitative estimate of drug-likeness (QED) is 0.544. The summed E-state index contributed by atoms with van der Waals surface area (Å²) < 4.78 is 26.8. The maximum Gasteiger partial charge on any atom is 0.281 e. The van der Waals surface area contributed by atoms with Crippen molar-refractivity contribution in [2.24, 2.45) is 5.73 Å². The van der Waals surface area contributed by atoms with Gasteiger partial charge < -0.3 is 5.73 Å². The average molecular weight is 285 g/mol. The van der Waals surface area contributed by atoms with E-state index in [1.54, 1.807) is 24.5 Å². The van der Waals surface area contributed by atoms with Gasteiger partial charge in [-0.15, -0.1) is 0 Å². The van der Waals surface area contributed by atoms with Crippen LogP contribution in [0.4, 0.5) is 0 Å². The van der Waals surface area contributed by atoms with E-state index in [9.17, 15) is 8.42 Å². The van der Waals surface area contributed by atoms with Gasteiger partial charge in [-0.1, -0.05) is 6.07 Å². The molecule has 0 amide bonds. The summed E-state index contributed by atoms with van der Waals surface area (Å²) in [5, 5.41) is 7.21. The first kappa shape index (κ1) is 15.5. The third-order valence-electron chi connectivity index (χ3n) is 2.50. The van der Waals surface area contributed by atoms with Gasteiger partial charge in [0, 0.05) is 46.0 Å². The van der Waals surface area contributed by atoms with Crippen molar-refractivity contribution in [2.45, 2.75) is 13.0 Å². The minimum atomic E-state index is -3.55. The van der Waals surface area contributed by atoms with E-state index in [0.29, 0.717) is 0 Å². The van der Waals surface area contributed by atoms with Gasteiger partial charge in [-0.3, -0.25) is 10.4 Å². The van der Waals surface area contributed by atoms with E-state index in [1.807, 2.05) is 0 Å². The first-order valence-corrected chi connectivity index (χ1v) is 7.13. The molecule has 0 unspecified atom stereocenters. The second kappa shape index (κ2) is 6.60. The summed E-state index contributed by atoms with van der Waals surface area (Å²) in [7, 11) is -0.603.